The van der Waals surface area contributed by atoms with Gasteiger partial charge >= 0.3 is 5.97 Å². The van der Waals surface area contributed by atoms with E-state index in [4.69, 9.17) is 4.74 Å². The minimum atomic E-state index is -0.319. The van der Waals surface area contributed by atoms with Crippen molar-refractivity contribution in [2.24, 2.45) is 0 Å². The van der Waals surface area contributed by atoms with E-state index in [-0.39, 0.29) is 18.0 Å². The zero-order valence-corrected chi connectivity index (χ0v) is 14.6. The fraction of sp³-hybridized carbons (Fsp3) is 0.105. The van der Waals surface area contributed by atoms with E-state index in [0.717, 1.165) is 14.9 Å². The quantitative estimate of drug-likeness (QED) is 0.424. The van der Waals surface area contributed by atoms with E-state index in [2.05, 4.69) is 40.7 Å². The highest BCUT2D eigenvalue weighted by atomic mass is 79.9. The number of hydrogen-bond donors (Lipinski definition) is 0. The van der Waals surface area contributed by atoms with Gasteiger partial charge in [0.25, 0.3) is 0 Å². The van der Waals surface area contributed by atoms with E-state index in [0.29, 0.717) is 5.57 Å². The highest BCUT2D eigenvalue weighted by Crippen LogP contribution is 2.48. The first-order valence-electron chi connectivity index (χ1n) is 7.27. The number of thiophene rings is 1. The number of fused-ring (bicyclic) bond motifs is 1. The van der Waals surface area contributed by atoms with Gasteiger partial charge in [0.1, 0.15) is 6.10 Å². The van der Waals surface area contributed by atoms with Crippen molar-refractivity contribution < 1.29 is 9.53 Å². The van der Waals surface area contributed by atoms with Gasteiger partial charge in [-0.15, -0.1) is 11.3 Å². The predicted molar refractivity (Wildman–Crippen MR) is 96.7 cm³/mol. The van der Waals surface area contributed by atoms with Gasteiger partial charge < -0.3 is 4.74 Å². The molecule has 0 spiro atoms. The third-order valence-electron chi connectivity index (χ3n) is 4.10. The lowest BCUT2D eigenvalue weighted by atomic mass is 9.91. The smallest absolute Gasteiger partial charge is 0.334 e. The highest BCUT2D eigenvalue weighted by molar-refractivity contribution is 9.10. The van der Waals surface area contributed by atoms with Gasteiger partial charge in [0, 0.05) is 19.6 Å². The van der Waals surface area contributed by atoms with Crippen LogP contribution in [0.5, 0.6) is 0 Å². The van der Waals surface area contributed by atoms with E-state index in [9.17, 15) is 4.79 Å². The molecule has 1 aromatic heterocycles. The Kier molecular flexibility index (Phi) is 3.58. The average molecular weight is 385 g/mol. The summed E-state index contributed by atoms with van der Waals surface area (Å²) in [5.74, 6) is -0.438. The highest BCUT2D eigenvalue weighted by Gasteiger charge is 2.41. The van der Waals surface area contributed by atoms with Crippen LogP contribution in [0.15, 0.2) is 71.2 Å². The van der Waals surface area contributed by atoms with Crippen molar-refractivity contribution in [3.63, 3.8) is 0 Å². The molecule has 4 heteroatoms. The van der Waals surface area contributed by atoms with E-state index >= 15 is 0 Å². The number of halogens is 1. The Morgan fingerprint density at radius 2 is 1.91 bits per heavy atom. The number of cyclic esters (lactones) is 1. The molecule has 23 heavy (non-hydrogen) atoms. The third-order valence-corrected chi connectivity index (χ3v) is 5.80. The molecular formula is C19H13BrO2S. The molecule has 2 heterocycles. The van der Waals surface area contributed by atoms with Crippen molar-refractivity contribution in [2.75, 3.05) is 0 Å². The van der Waals surface area contributed by atoms with Crippen LogP contribution in [0.2, 0.25) is 0 Å². The third kappa shape index (κ3) is 2.52. The monoisotopic (exact) mass is 384 g/mol. The fourth-order valence-electron chi connectivity index (χ4n) is 2.99. The normalized spacial score (nSPS) is 20.9. The van der Waals surface area contributed by atoms with Gasteiger partial charge in [-0.3, -0.25) is 0 Å². The molecule has 1 fully saturated rings. The van der Waals surface area contributed by atoms with Gasteiger partial charge in [-0.25, -0.2) is 4.79 Å². The summed E-state index contributed by atoms with van der Waals surface area (Å²) in [4.78, 5) is 13.2. The topological polar surface area (TPSA) is 26.3 Å². The minimum Gasteiger partial charge on any atom is -0.453 e. The van der Waals surface area contributed by atoms with Crippen LogP contribution >= 0.6 is 27.3 Å². The molecule has 2 nitrogen and oxygen atoms in total. The largest absolute Gasteiger partial charge is 0.453 e. The van der Waals surface area contributed by atoms with Gasteiger partial charge in [-0.05, 0) is 35.2 Å². The van der Waals surface area contributed by atoms with Crippen LogP contribution in [0.3, 0.4) is 0 Å². The standard InChI is InChI=1S/C19H13BrO2S/c1-11-17(16-10-12-5-2-3-8-15(12)23-16)18(22-19(11)21)13-6-4-7-14(20)9-13/h2-10,17-18H,1H2. The molecule has 0 aliphatic carbocycles. The molecule has 2 unspecified atom stereocenters. The van der Waals surface area contributed by atoms with Crippen LogP contribution in [0.1, 0.15) is 22.5 Å². The summed E-state index contributed by atoms with van der Waals surface area (Å²) in [6.45, 7) is 3.98. The molecule has 1 aliphatic heterocycles. The number of carbonyl (C=O) groups is 1. The summed E-state index contributed by atoms with van der Waals surface area (Å²) in [7, 11) is 0. The molecule has 0 amide bonds. The summed E-state index contributed by atoms with van der Waals surface area (Å²) >= 11 is 5.18. The second kappa shape index (κ2) is 5.62. The van der Waals surface area contributed by atoms with Crippen molar-refractivity contribution >= 4 is 43.3 Å². The number of rotatable bonds is 2. The van der Waals surface area contributed by atoms with Gasteiger partial charge in [0.05, 0.1) is 5.92 Å². The van der Waals surface area contributed by atoms with E-state index < -0.39 is 0 Å². The van der Waals surface area contributed by atoms with Crippen molar-refractivity contribution in [3.8, 4) is 0 Å². The van der Waals surface area contributed by atoms with E-state index in [1.165, 1.54) is 10.1 Å². The number of esters is 1. The summed E-state index contributed by atoms with van der Waals surface area (Å²) in [5.41, 5.74) is 1.51. The van der Waals surface area contributed by atoms with Crippen LogP contribution in [-0.2, 0) is 9.53 Å². The molecule has 0 bridgehead atoms. The fourth-order valence-corrected chi connectivity index (χ4v) is 4.63. The Balaban J connectivity index is 1.82. The zero-order valence-electron chi connectivity index (χ0n) is 12.2. The maximum atomic E-state index is 12.1. The number of ether oxygens (including phenoxy) is 1. The maximum Gasteiger partial charge on any atom is 0.334 e. The average Bonchev–Trinajstić information content (AvgIpc) is 3.09. The van der Waals surface area contributed by atoms with Crippen molar-refractivity contribution in [1.29, 1.82) is 0 Å². The van der Waals surface area contributed by atoms with Gasteiger partial charge in [-0.2, -0.15) is 0 Å². The molecule has 1 aliphatic rings. The van der Waals surface area contributed by atoms with Gasteiger partial charge in [0.2, 0.25) is 0 Å². The van der Waals surface area contributed by atoms with Crippen LogP contribution in [-0.4, -0.2) is 5.97 Å². The first-order chi connectivity index (χ1) is 11.1. The van der Waals surface area contributed by atoms with Crippen LogP contribution < -0.4 is 0 Å². The number of hydrogen-bond acceptors (Lipinski definition) is 3. The van der Waals surface area contributed by atoms with Crippen LogP contribution in [0.25, 0.3) is 10.1 Å². The van der Waals surface area contributed by atoms with Crippen molar-refractivity contribution in [3.05, 3.63) is 81.7 Å². The van der Waals surface area contributed by atoms with Crippen LogP contribution in [0, 0.1) is 0 Å². The maximum absolute atomic E-state index is 12.1. The Bertz CT molecular complexity index is 895. The molecule has 114 valence electrons. The Morgan fingerprint density at radius 3 is 2.70 bits per heavy atom. The second-order valence-electron chi connectivity index (χ2n) is 5.57. The molecular weight excluding hydrogens is 372 g/mol. The Morgan fingerprint density at radius 1 is 1.09 bits per heavy atom. The molecule has 0 N–H and O–H groups in total. The minimum absolute atomic E-state index is 0.130. The number of benzene rings is 2. The first kappa shape index (κ1) is 14.7. The molecule has 1 saturated heterocycles. The van der Waals surface area contributed by atoms with E-state index in [1.54, 1.807) is 11.3 Å². The molecule has 0 saturated carbocycles. The van der Waals surface area contributed by atoms with Gasteiger partial charge in [-0.1, -0.05) is 52.8 Å². The van der Waals surface area contributed by atoms with Crippen molar-refractivity contribution in [1.82, 2.24) is 0 Å². The molecule has 4 rings (SSSR count). The van der Waals surface area contributed by atoms with Crippen molar-refractivity contribution in [2.45, 2.75) is 12.0 Å². The second-order valence-corrected chi connectivity index (χ2v) is 7.60. The lowest BCUT2D eigenvalue weighted by molar-refractivity contribution is -0.139. The SMILES string of the molecule is C=C1C(=O)OC(c2cccc(Br)c2)C1c1cc2ccccc2s1. The predicted octanol–water partition coefficient (Wildman–Crippen LogP) is 5.60. The lowest BCUT2D eigenvalue weighted by Gasteiger charge is -2.17. The zero-order chi connectivity index (χ0) is 16.0. The molecule has 2 aromatic carbocycles. The van der Waals surface area contributed by atoms with Gasteiger partial charge in [0.15, 0.2) is 0 Å². The first-order valence-corrected chi connectivity index (χ1v) is 8.88. The molecule has 2 atom stereocenters. The summed E-state index contributed by atoms with van der Waals surface area (Å²) < 4.78 is 7.81. The lowest BCUT2D eigenvalue weighted by Crippen LogP contribution is -2.05. The molecule has 0 radical (unpaired) electrons. The Labute approximate surface area is 146 Å². The summed E-state index contributed by atoms with van der Waals surface area (Å²) in [6, 6.07) is 18.3. The van der Waals surface area contributed by atoms with E-state index in [1.807, 2.05) is 36.4 Å². The Hall–Kier alpha value is -1.91. The molecule has 3 aromatic rings. The summed E-state index contributed by atoms with van der Waals surface area (Å²) in [5, 5.41) is 1.19. The van der Waals surface area contributed by atoms with Crippen LogP contribution in [0.4, 0.5) is 0 Å². The summed E-state index contributed by atoms with van der Waals surface area (Å²) in [6.07, 6.45) is -0.319. The number of carbonyl (C=O) groups excluding carboxylic acids is 1.